The molecule has 0 radical (unpaired) electrons. The lowest BCUT2D eigenvalue weighted by Gasteiger charge is -2.31. The van der Waals surface area contributed by atoms with E-state index in [4.69, 9.17) is 0 Å². The molecule has 1 unspecified atom stereocenters. The lowest BCUT2D eigenvalue weighted by Crippen LogP contribution is -2.47. The molecule has 1 fully saturated rings. The van der Waals surface area contributed by atoms with Crippen LogP contribution in [0.15, 0.2) is 16.9 Å². The van der Waals surface area contributed by atoms with E-state index in [9.17, 15) is 9.59 Å². The van der Waals surface area contributed by atoms with Gasteiger partial charge in [-0.15, -0.1) is 0 Å². The Morgan fingerprint density at radius 2 is 2.35 bits per heavy atom. The fourth-order valence-corrected chi connectivity index (χ4v) is 1.97. The molecule has 0 aliphatic carbocycles. The van der Waals surface area contributed by atoms with Crippen molar-refractivity contribution in [1.29, 1.82) is 0 Å². The number of aromatic amines is 1. The highest BCUT2D eigenvalue weighted by molar-refractivity contribution is 5.92. The monoisotopic (exact) mass is 236 g/mol. The predicted molar refractivity (Wildman–Crippen MR) is 62.8 cm³/mol. The van der Waals surface area contributed by atoms with E-state index >= 15 is 0 Å². The van der Waals surface area contributed by atoms with Crippen molar-refractivity contribution in [1.82, 2.24) is 20.4 Å². The zero-order valence-electron chi connectivity index (χ0n) is 9.77. The summed E-state index contributed by atoms with van der Waals surface area (Å²) in [6.07, 6.45) is 2.07. The number of nitrogens with one attached hydrogen (secondary N) is 2. The van der Waals surface area contributed by atoms with Crippen LogP contribution < -0.4 is 10.9 Å². The van der Waals surface area contributed by atoms with Gasteiger partial charge < -0.3 is 10.2 Å². The van der Waals surface area contributed by atoms with Gasteiger partial charge in [0.2, 0.25) is 0 Å². The molecule has 1 aromatic rings. The molecule has 2 rings (SSSR count). The van der Waals surface area contributed by atoms with Gasteiger partial charge in [0.15, 0.2) is 0 Å². The van der Waals surface area contributed by atoms with Crippen molar-refractivity contribution in [3.05, 3.63) is 28.2 Å². The summed E-state index contributed by atoms with van der Waals surface area (Å²) in [6.45, 7) is 1.82. The van der Waals surface area contributed by atoms with Crippen molar-refractivity contribution in [2.75, 3.05) is 20.1 Å². The molecule has 6 nitrogen and oxygen atoms in total. The van der Waals surface area contributed by atoms with Gasteiger partial charge in [0.05, 0.1) is 0 Å². The molecule has 6 heteroatoms. The molecule has 1 aromatic heterocycles. The SMILES string of the molecule is CN(C(=O)c1ccc(=O)[nH]n1)C1CCCNC1. The Morgan fingerprint density at radius 1 is 1.53 bits per heavy atom. The Bertz CT molecular complexity index is 431. The number of rotatable bonds is 2. The van der Waals surface area contributed by atoms with Crippen LogP contribution in [0.3, 0.4) is 0 Å². The van der Waals surface area contributed by atoms with E-state index in [2.05, 4.69) is 15.5 Å². The van der Waals surface area contributed by atoms with Gasteiger partial charge in [-0.25, -0.2) is 5.10 Å². The number of piperidine rings is 1. The van der Waals surface area contributed by atoms with Crippen LogP contribution in [0.1, 0.15) is 23.3 Å². The van der Waals surface area contributed by atoms with Crippen LogP contribution in [-0.4, -0.2) is 47.2 Å². The first-order valence-electron chi connectivity index (χ1n) is 5.72. The maximum Gasteiger partial charge on any atom is 0.274 e. The molecule has 17 heavy (non-hydrogen) atoms. The number of likely N-dealkylation sites (N-methyl/N-ethyl adjacent to an activating group) is 1. The molecule has 1 saturated heterocycles. The Balaban J connectivity index is 2.08. The van der Waals surface area contributed by atoms with Crippen molar-refractivity contribution in [3.63, 3.8) is 0 Å². The highest BCUT2D eigenvalue weighted by Gasteiger charge is 2.23. The summed E-state index contributed by atoms with van der Waals surface area (Å²) in [7, 11) is 1.77. The van der Waals surface area contributed by atoms with E-state index in [-0.39, 0.29) is 23.2 Å². The first kappa shape index (κ1) is 11.8. The number of aromatic nitrogens is 2. The minimum absolute atomic E-state index is 0.157. The number of hydrogen-bond donors (Lipinski definition) is 2. The summed E-state index contributed by atoms with van der Waals surface area (Å²) in [5, 5.41) is 9.27. The van der Waals surface area contributed by atoms with Crippen molar-refractivity contribution < 1.29 is 4.79 Å². The van der Waals surface area contributed by atoms with Gasteiger partial charge >= 0.3 is 0 Å². The second-order valence-corrected chi connectivity index (χ2v) is 4.22. The smallest absolute Gasteiger partial charge is 0.274 e. The topological polar surface area (TPSA) is 78.1 Å². The summed E-state index contributed by atoms with van der Waals surface area (Å²) in [6, 6.07) is 2.96. The van der Waals surface area contributed by atoms with Crippen molar-refractivity contribution in [3.8, 4) is 0 Å². The zero-order valence-corrected chi connectivity index (χ0v) is 9.77. The van der Waals surface area contributed by atoms with Gasteiger partial charge in [0, 0.05) is 25.7 Å². The molecule has 92 valence electrons. The van der Waals surface area contributed by atoms with Crippen LogP contribution in [0.5, 0.6) is 0 Å². The van der Waals surface area contributed by atoms with Crippen molar-refractivity contribution in [2.45, 2.75) is 18.9 Å². The summed E-state index contributed by atoms with van der Waals surface area (Å²) < 4.78 is 0. The maximum atomic E-state index is 12.1. The van der Waals surface area contributed by atoms with Gasteiger partial charge in [-0.1, -0.05) is 0 Å². The van der Waals surface area contributed by atoms with Crippen LogP contribution in [0.25, 0.3) is 0 Å². The Labute approximate surface area is 99.0 Å². The van der Waals surface area contributed by atoms with E-state index in [0.717, 1.165) is 25.9 Å². The normalized spacial score (nSPS) is 19.9. The molecule has 0 saturated carbocycles. The van der Waals surface area contributed by atoms with Gasteiger partial charge in [0.1, 0.15) is 5.69 Å². The Morgan fingerprint density at radius 3 is 2.94 bits per heavy atom. The van der Waals surface area contributed by atoms with E-state index in [1.807, 2.05) is 0 Å². The minimum Gasteiger partial charge on any atom is -0.336 e. The predicted octanol–water partition coefficient (Wildman–Crippen LogP) is -0.406. The third kappa shape index (κ3) is 2.71. The Hall–Kier alpha value is -1.69. The molecule has 1 atom stereocenters. The quantitative estimate of drug-likeness (QED) is 0.732. The highest BCUT2D eigenvalue weighted by Crippen LogP contribution is 2.10. The van der Waals surface area contributed by atoms with Gasteiger partial charge in [-0.2, -0.15) is 5.10 Å². The first-order valence-corrected chi connectivity index (χ1v) is 5.72. The van der Waals surface area contributed by atoms with Crippen LogP contribution >= 0.6 is 0 Å². The average Bonchev–Trinajstić information content (AvgIpc) is 2.39. The summed E-state index contributed by atoms with van der Waals surface area (Å²) in [4.78, 5) is 24.6. The van der Waals surface area contributed by atoms with E-state index in [1.165, 1.54) is 12.1 Å². The van der Waals surface area contributed by atoms with Gasteiger partial charge in [-0.05, 0) is 25.5 Å². The molecular formula is C11H16N4O2. The number of carbonyl (C=O) groups is 1. The summed E-state index contributed by atoms with van der Waals surface area (Å²) >= 11 is 0. The van der Waals surface area contributed by atoms with Crippen LogP contribution in [-0.2, 0) is 0 Å². The largest absolute Gasteiger partial charge is 0.336 e. The standard InChI is InChI=1S/C11H16N4O2/c1-15(8-3-2-6-12-7-8)11(17)9-4-5-10(16)14-13-9/h4-5,8,12H,2-3,6-7H2,1H3,(H,14,16). The molecule has 0 spiro atoms. The van der Waals surface area contributed by atoms with E-state index in [0.29, 0.717) is 0 Å². The second kappa shape index (κ2) is 5.09. The van der Waals surface area contributed by atoms with Crippen LogP contribution in [0, 0.1) is 0 Å². The third-order valence-corrected chi connectivity index (χ3v) is 3.04. The lowest BCUT2D eigenvalue weighted by atomic mass is 10.1. The molecule has 2 heterocycles. The second-order valence-electron chi connectivity index (χ2n) is 4.22. The van der Waals surface area contributed by atoms with Crippen LogP contribution in [0.4, 0.5) is 0 Å². The first-order chi connectivity index (χ1) is 8.18. The molecule has 1 amide bonds. The van der Waals surface area contributed by atoms with Gasteiger partial charge in [-0.3, -0.25) is 9.59 Å². The fraction of sp³-hybridized carbons (Fsp3) is 0.545. The molecular weight excluding hydrogens is 220 g/mol. The Kier molecular flexibility index (Phi) is 3.53. The molecule has 1 aliphatic heterocycles. The third-order valence-electron chi connectivity index (χ3n) is 3.04. The van der Waals surface area contributed by atoms with Gasteiger partial charge in [0.25, 0.3) is 11.5 Å². The average molecular weight is 236 g/mol. The van der Waals surface area contributed by atoms with Crippen molar-refractivity contribution in [2.24, 2.45) is 0 Å². The van der Waals surface area contributed by atoms with E-state index in [1.54, 1.807) is 11.9 Å². The molecule has 1 aliphatic rings. The number of carbonyl (C=O) groups excluding carboxylic acids is 1. The van der Waals surface area contributed by atoms with E-state index < -0.39 is 0 Å². The number of H-pyrrole nitrogens is 1. The molecule has 2 N–H and O–H groups in total. The lowest BCUT2D eigenvalue weighted by molar-refractivity contribution is 0.0701. The number of hydrogen-bond acceptors (Lipinski definition) is 4. The highest BCUT2D eigenvalue weighted by atomic mass is 16.2. The van der Waals surface area contributed by atoms with Crippen molar-refractivity contribution >= 4 is 5.91 Å². The zero-order chi connectivity index (χ0) is 12.3. The minimum atomic E-state index is -0.302. The molecule has 0 aromatic carbocycles. The summed E-state index contributed by atoms with van der Waals surface area (Å²) in [5.74, 6) is -0.157. The number of nitrogens with zero attached hydrogens (tertiary/aromatic N) is 2. The fourth-order valence-electron chi connectivity index (χ4n) is 1.97. The molecule has 0 bridgehead atoms. The summed E-state index contributed by atoms with van der Waals surface area (Å²) in [5.41, 5.74) is -0.0267. The maximum absolute atomic E-state index is 12.1. The van der Waals surface area contributed by atoms with Crippen LogP contribution in [0.2, 0.25) is 0 Å². The number of amides is 1.